The number of nitrogens with zero attached hydrogens (tertiary/aromatic N) is 3. The van der Waals surface area contributed by atoms with Crippen LogP contribution in [0.1, 0.15) is 11.3 Å². The highest BCUT2D eigenvalue weighted by molar-refractivity contribution is 5.74. The Morgan fingerprint density at radius 1 is 1.07 bits per heavy atom. The molecule has 27 heavy (non-hydrogen) atoms. The van der Waals surface area contributed by atoms with Crippen molar-refractivity contribution < 1.29 is 4.42 Å². The zero-order valence-corrected chi connectivity index (χ0v) is 14.6. The van der Waals surface area contributed by atoms with E-state index in [1.54, 1.807) is 60.5 Å². The molecular weight excluding hydrogens is 338 g/mol. The first-order valence-corrected chi connectivity index (χ1v) is 8.41. The predicted molar refractivity (Wildman–Crippen MR) is 102 cm³/mol. The minimum absolute atomic E-state index is 0.220. The first-order valence-electron chi connectivity index (χ1n) is 8.41. The summed E-state index contributed by atoms with van der Waals surface area (Å²) < 4.78 is 6.93. The minimum Gasteiger partial charge on any atom is -0.467 e. The average molecular weight is 353 g/mol. The molecule has 3 heterocycles. The molecule has 0 amide bonds. The Hall–Kier alpha value is -3.91. The lowest BCUT2D eigenvalue weighted by Gasteiger charge is -2.12. The Morgan fingerprint density at radius 2 is 1.89 bits per heavy atom. The van der Waals surface area contributed by atoms with Gasteiger partial charge in [-0.3, -0.25) is 14.3 Å². The number of pyridine rings is 2. The third-order valence-corrected chi connectivity index (χ3v) is 4.41. The summed E-state index contributed by atoms with van der Waals surface area (Å²) >= 11 is 0. The van der Waals surface area contributed by atoms with Crippen LogP contribution in [0.25, 0.3) is 28.1 Å². The number of nitriles is 1. The number of aryl methyl sites for hydroxylation is 1. The Balaban J connectivity index is 2.06. The van der Waals surface area contributed by atoms with Gasteiger partial charge in [-0.15, -0.1) is 0 Å². The molecule has 4 rings (SSSR count). The van der Waals surface area contributed by atoms with E-state index in [9.17, 15) is 10.1 Å². The SMILES string of the molecule is Cc1occc1-n1cc(-c2ccccn2)cc(-c2ccccc2C#N)c1=O. The van der Waals surface area contributed by atoms with Crippen LogP contribution in [0, 0.1) is 18.3 Å². The highest BCUT2D eigenvalue weighted by Gasteiger charge is 2.16. The fourth-order valence-electron chi connectivity index (χ4n) is 3.07. The Morgan fingerprint density at radius 3 is 2.59 bits per heavy atom. The number of rotatable bonds is 3. The van der Waals surface area contributed by atoms with E-state index in [-0.39, 0.29) is 5.56 Å². The molecule has 130 valence electrons. The van der Waals surface area contributed by atoms with E-state index >= 15 is 0 Å². The molecule has 0 fully saturated rings. The number of benzene rings is 1. The summed E-state index contributed by atoms with van der Waals surface area (Å²) in [7, 11) is 0. The van der Waals surface area contributed by atoms with Crippen LogP contribution >= 0.6 is 0 Å². The zero-order valence-electron chi connectivity index (χ0n) is 14.6. The van der Waals surface area contributed by atoms with Gasteiger partial charge in [0.25, 0.3) is 5.56 Å². The van der Waals surface area contributed by atoms with Crippen LogP contribution in [-0.2, 0) is 0 Å². The fourth-order valence-corrected chi connectivity index (χ4v) is 3.07. The Labute approximate surface area is 155 Å². The van der Waals surface area contributed by atoms with E-state index in [2.05, 4.69) is 11.1 Å². The van der Waals surface area contributed by atoms with Crippen LogP contribution in [0.5, 0.6) is 0 Å². The van der Waals surface area contributed by atoms with Crippen LogP contribution in [0.3, 0.4) is 0 Å². The highest BCUT2D eigenvalue weighted by Crippen LogP contribution is 2.26. The Bertz CT molecular complexity index is 1210. The standard InChI is InChI=1S/C22H15N3O2/c1-15-21(9-11-27-15)25-14-17(20-8-4-5-10-24-20)12-19(22(25)26)18-7-3-2-6-16(18)13-23/h2-12,14H,1H3. The van der Waals surface area contributed by atoms with Gasteiger partial charge in [-0.25, -0.2) is 0 Å². The van der Waals surface area contributed by atoms with Crippen LogP contribution in [0.4, 0.5) is 0 Å². The summed E-state index contributed by atoms with van der Waals surface area (Å²) in [6.45, 7) is 1.80. The third kappa shape index (κ3) is 2.94. The molecule has 0 spiro atoms. The van der Waals surface area contributed by atoms with Gasteiger partial charge in [-0.05, 0) is 31.2 Å². The molecule has 0 radical (unpaired) electrons. The van der Waals surface area contributed by atoms with E-state index in [4.69, 9.17) is 4.42 Å². The number of hydrogen-bond donors (Lipinski definition) is 0. The first kappa shape index (κ1) is 16.6. The van der Waals surface area contributed by atoms with Gasteiger partial charge >= 0.3 is 0 Å². The van der Waals surface area contributed by atoms with Crippen LogP contribution < -0.4 is 5.56 Å². The minimum atomic E-state index is -0.220. The van der Waals surface area contributed by atoms with Gasteiger partial charge < -0.3 is 4.42 Å². The quantitative estimate of drug-likeness (QED) is 0.549. The van der Waals surface area contributed by atoms with Crippen molar-refractivity contribution in [2.45, 2.75) is 6.92 Å². The fraction of sp³-hybridized carbons (Fsp3) is 0.0455. The maximum absolute atomic E-state index is 13.3. The second-order valence-corrected chi connectivity index (χ2v) is 6.05. The molecule has 1 aromatic carbocycles. The molecule has 0 saturated heterocycles. The zero-order chi connectivity index (χ0) is 18.8. The van der Waals surface area contributed by atoms with Gasteiger partial charge in [0, 0.05) is 35.2 Å². The molecule has 5 nitrogen and oxygen atoms in total. The lowest BCUT2D eigenvalue weighted by Crippen LogP contribution is -2.20. The molecule has 0 aliphatic heterocycles. The molecule has 0 atom stereocenters. The van der Waals surface area contributed by atoms with Crippen molar-refractivity contribution in [2.75, 3.05) is 0 Å². The van der Waals surface area contributed by atoms with Crippen molar-refractivity contribution in [3.05, 3.63) is 94.9 Å². The molecule has 0 N–H and O–H groups in total. The monoisotopic (exact) mass is 353 g/mol. The third-order valence-electron chi connectivity index (χ3n) is 4.41. The second-order valence-electron chi connectivity index (χ2n) is 6.05. The summed E-state index contributed by atoms with van der Waals surface area (Å²) in [6, 6.07) is 18.4. The summed E-state index contributed by atoms with van der Waals surface area (Å²) in [5, 5.41) is 9.47. The molecule has 0 unspecified atom stereocenters. The van der Waals surface area contributed by atoms with Crippen molar-refractivity contribution in [3.63, 3.8) is 0 Å². The van der Waals surface area contributed by atoms with Crippen LogP contribution in [0.15, 0.2) is 82.5 Å². The van der Waals surface area contributed by atoms with E-state index in [1.807, 2.05) is 24.3 Å². The van der Waals surface area contributed by atoms with Crippen molar-refractivity contribution >= 4 is 0 Å². The lowest BCUT2D eigenvalue weighted by molar-refractivity contribution is 0.532. The van der Waals surface area contributed by atoms with Gasteiger partial charge in [-0.2, -0.15) is 5.26 Å². The van der Waals surface area contributed by atoms with Gasteiger partial charge in [0.2, 0.25) is 0 Å². The summed E-state index contributed by atoms with van der Waals surface area (Å²) in [5.74, 6) is 0.634. The van der Waals surface area contributed by atoms with Crippen LogP contribution in [0.2, 0.25) is 0 Å². The lowest BCUT2D eigenvalue weighted by atomic mass is 9.99. The van der Waals surface area contributed by atoms with Crippen LogP contribution in [-0.4, -0.2) is 9.55 Å². The van der Waals surface area contributed by atoms with Gasteiger partial charge in [0.05, 0.1) is 29.3 Å². The topological polar surface area (TPSA) is 71.8 Å². The number of furan rings is 1. The van der Waals surface area contributed by atoms with Crippen molar-refractivity contribution in [1.82, 2.24) is 9.55 Å². The highest BCUT2D eigenvalue weighted by atomic mass is 16.3. The van der Waals surface area contributed by atoms with Gasteiger partial charge in [0.15, 0.2) is 0 Å². The van der Waals surface area contributed by atoms with E-state index in [1.165, 1.54) is 0 Å². The maximum atomic E-state index is 13.3. The largest absolute Gasteiger partial charge is 0.467 e. The molecule has 0 aliphatic carbocycles. The summed E-state index contributed by atoms with van der Waals surface area (Å²) in [4.78, 5) is 17.7. The number of aromatic nitrogens is 2. The first-order chi connectivity index (χ1) is 13.2. The number of hydrogen-bond acceptors (Lipinski definition) is 4. The molecule has 0 aliphatic rings. The van der Waals surface area contributed by atoms with Crippen molar-refractivity contribution in [2.24, 2.45) is 0 Å². The second kappa shape index (κ2) is 6.77. The molecular formula is C22H15N3O2. The maximum Gasteiger partial charge on any atom is 0.263 e. The smallest absolute Gasteiger partial charge is 0.263 e. The van der Waals surface area contributed by atoms with E-state index in [0.717, 1.165) is 11.3 Å². The molecule has 3 aromatic heterocycles. The summed E-state index contributed by atoms with van der Waals surface area (Å²) in [6.07, 6.45) is 5.01. The molecule has 0 saturated carbocycles. The van der Waals surface area contributed by atoms with E-state index in [0.29, 0.717) is 28.1 Å². The molecule has 5 heteroatoms. The molecule has 4 aromatic rings. The van der Waals surface area contributed by atoms with Gasteiger partial charge in [-0.1, -0.05) is 24.3 Å². The van der Waals surface area contributed by atoms with Crippen molar-refractivity contribution in [1.29, 1.82) is 5.26 Å². The van der Waals surface area contributed by atoms with Gasteiger partial charge in [0.1, 0.15) is 5.76 Å². The average Bonchev–Trinajstić information content (AvgIpc) is 3.14. The predicted octanol–water partition coefficient (Wildman–Crippen LogP) is 4.34. The molecule has 0 bridgehead atoms. The summed E-state index contributed by atoms with van der Waals surface area (Å²) in [5.41, 5.74) is 3.44. The van der Waals surface area contributed by atoms with Crippen molar-refractivity contribution in [3.8, 4) is 34.1 Å². The van der Waals surface area contributed by atoms with E-state index < -0.39 is 0 Å². The normalized spacial score (nSPS) is 10.5. The Kier molecular flexibility index (Phi) is 4.15.